The van der Waals surface area contributed by atoms with Gasteiger partial charge in [0.25, 0.3) is 0 Å². The summed E-state index contributed by atoms with van der Waals surface area (Å²) < 4.78 is 13.2. The summed E-state index contributed by atoms with van der Waals surface area (Å²) in [6, 6.07) is 5.25. The van der Waals surface area contributed by atoms with E-state index < -0.39 is 0 Å². The Morgan fingerprint density at radius 3 is 2.58 bits per heavy atom. The van der Waals surface area contributed by atoms with Gasteiger partial charge in [0.05, 0.1) is 0 Å². The Morgan fingerprint density at radius 2 is 1.95 bits per heavy atom. The molecule has 2 rings (SSSR count). The summed E-state index contributed by atoms with van der Waals surface area (Å²) in [6.45, 7) is 6.33. The van der Waals surface area contributed by atoms with Gasteiger partial charge in [-0.25, -0.2) is 4.39 Å². The van der Waals surface area contributed by atoms with Crippen LogP contribution in [0.25, 0.3) is 0 Å². The van der Waals surface area contributed by atoms with Gasteiger partial charge in [0, 0.05) is 6.54 Å². The molecule has 1 saturated carbocycles. The van der Waals surface area contributed by atoms with E-state index in [1.54, 1.807) is 12.1 Å². The van der Waals surface area contributed by atoms with Crippen molar-refractivity contribution < 1.29 is 4.39 Å². The van der Waals surface area contributed by atoms with Gasteiger partial charge in [-0.1, -0.05) is 32.3 Å². The van der Waals surface area contributed by atoms with Crippen LogP contribution in [0.5, 0.6) is 0 Å². The molecule has 0 unspecified atom stereocenters. The highest BCUT2D eigenvalue weighted by Gasteiger charge is 2.32. The first kappa shape index (κ1) is 14.5. The fourth-order valence-electron chi connectivity index (χ4n) is 3.37. The molecule has 0 aliphatic heterocycles. The van der Waals surface area contributed by atoms with E-state index in [0.717, 1.165) is 25.1 Å². The highest BCUT2D eigenvalue weighted by atomic mass is 19.1. The lowest BCUT2D eigenvalue weighted by Crippen LogP contribution is -2.38. The maximum Gasteiger partial charge on any atom is 0.123 e. The molecule has 106 valence electrons. The summed E-state index contributed by atoms with van der Waals surface area (Å²) in [5, 5.41) is 3.54. The molecule has 1 aromatic carbocycles. The molecule has 0 radical (unpaired) electrons. The SMILES string of the molecule is CCNCC1(Cc2ccc(F)cc2C)CCCCC1. The van der Waals surface area contributed by atoms with Crippen molar-refractivity contribution in [1.29, 1.82) is 0 Å². The number of hydrogen-bond acceptors (Lipinski definition) is 1. The molecule has 0 spiro atoms. The average molecular weight is 263 g/mol. The van der Waals surface area contributed by atoms with Crippen LogP contribution in [0.3, 0.4) is 0 Å². The molecule has 0 amide bonds. The number of hydrogen-bond donors (Lipinski definition) is 1. The summed E-state index contributed by atoms with van der Waals surface area (Å²) in [7, 11) is 0. The third-order valence-corrected chi connectivity index (χ3v) is 4.53. The molecule has 1 aromatic rings. The third kappa shape index (κ3) is 3.79. The molecule has 1 fully saturated rings. The van der Waals surface area contributed by atoms with Gasteiger partial charge in [0.1, 0.15) is 5.82 Å². The summed E-state index contributed by atoms with van der Waals surface area (Å²) in [5.41, 5.74) is 2.80. The number of aryl methyl sites for hydroxylation is 1. The highest BCUT2D eigenvalue weighted by Crippen LogP contribution is 2.39. The molecular formula is C17H26FN. The minimum atomic E-state index is -0.120. The molecule has 0 heterocycles. The number of rotatable bonds is 5. The Balaban J connectivity index is 2.14. The molecule has 0 aromatic heterocycles. The Bertz CT molecular complexity index is 408. The van der Waals surface area contributed by atoms with Gasteiger partial charge in [-0.15, -0.1) is 0 Å². The van der Waals surface area contributed by atoms with Crippen LogP contribution in [0.2, 0.25) is 0 Å². The van der Waals surface area contributed by atoms with Crippen molar-refractivity contribution in [2.75, 3.05) is 13.1 Å². The zero-order valence-corrected chi connectivity index (χ0v) is 12.3. The van der Waals surface area contributed by atoms with Crippen LogP contribution >= 0.6 is 0 Å². The number of benzene rings is 1. The zero-order valence-electron chi connectivity index (χ0n) is 12.3. The Hall–Kier alpha value is -0.890. The Morgan fingerprint density at radius 1 is 1.21 bits per heavy atom. The molecule has 1 N–H and O–H groups in total. The zero-order chi connectivity index (χ0) is 13.7. The molecule has 1 nitrogen and oxygen atoms in total. The molecule has 0 atom stereocenters. The quantitative estimate of drug-likeness (QED) is 0.838. The highest BCUT2D eigenvalue weighted by molar-refractivity contribution is 5.28. The Kier molecular flexibility index (Phi) is 4.98. The predicted molar refractivity (Wildman–Crippen MR) is 78.9 cm³/mol. The van der Waals surface area contributed by atoms with E-state index in [1.807, 2.05) is 13.0 Å². The summed E-state index contributed by atoms with van der Waals surface area (Å²) in [4.78, 5) is 0. The van der Waals surface area contributed by atoms with Crippen molar-refractivity contribution in [2.24, 2.45) is 5.41 Å². The van der Waals surface area contributed by atoms with Crippen LogP contribution in [-0.2, 0) is 6.42 Å². The maximum absolute atomic E-state index is 13.2. The lowest BCUT2D eigenvalue weighted by atomic mass is 9.70. The summed E-state index contributed by atoms with van der Waals surface area (Å²) in [6.07, 6.45) is 7.74. The van der Waals surface area contributed by atoms with Crippen LogP contribution in [0, 0.1) is 18.2 Å². The summed E-state index contributed by atoms with van der Waals surface area (Å²) >= 11 is 0. The normalized spacial score (nSPS) is 18.5. The van der Waals surface area contributed by atoms with Gasteiger partial charge >= 0.3 is 0 Å². The molecule has 0 bridgehead atoms. The first-order valence-electron chi connectivity index (χ1n) is 7.61. The maximum atomic E-state index is 13.2. The fraction of sp³-hybridized carbons (Fsp3) is 0.647. The van der Waals surface area contributed by atoms with Gasteiger partial charge in [-0.2, -0.15) is 0 Å². The first-order valence-corrected chi connectivity index (χ1v) is 7.61. The Labute approximate surface area is 116 Å². The number of nitrogens with one attached hydrogen (secondary N) is 1. The van der Waals surface area contributed by atoms with Crippen LogP contribution in [-0.4, -0.2) is 13.1 Å². The number of halogens is 1. The van der Waals surface area contributed by atoms with Gasteiger partial charge in [-0.05, 0) is 61.4 Å². The van der Waals surface area contributed by atoms with E-state index in [4.69, 9.17) is 0 Å². The van der Waals surface area contributed by atoms with Crippen molar-refractivity contribution >= 4 is 0 Å². The van der Waals surface area contributed by atoms with E-state index >= 15 is 0 Å². The van der Waals surface area contributed by atoms with Gasteiger partial charge < -0.3 is 5.32 Å². The molecule has 2 heteroatoms. The molecule has 1 aliphatic carbocycles. The van der Waals surface area contributed by atoms with Crippen molar-refractivity contribution in [3.8, 4) is 0 Å². The molecule has 19 heavy (non-hydrogen) atoms. The van der Waals surface area contributed by atoms with Crippen LogP contribution in [0.15, 0.2) is 18.2 Å². The fourth-order valence-corrected chi connectivity index (χ4v) is 3.37. The minimum Gasteiger partial charge on any atom is -0.316 e. The topological polar surface area (TPSA) is 12.0 Å². The van der Waals surface area contributed by atoms with Gasteiger partial charge in [0.15, 0.2) is 0 Å². The van der Waals surface area contributed by atoms with Crippen molar-refractivity contribution in [1.82, 2.24) is 5.32 Å². The van der Waals surface area contributed by atoms with Crippen LogP contribution in [0.1, 0.15) is 50.2 Å². The van der Waals surface area contributed by atoms with E-state index in [2.05, 4.69) is 12.2 Å². The largest absolute Gasteiger partial charge is 0.316 e. The second-order valence-electron chi connectivity index (χ2n) is 6.09. The van der Waals surface area contributed by atoms with Crippen molar-refractivity contribution in [3.05, 3.63) is 35.1 Å². The van der Waals surface area contributed by atoms with E-state index in [1.165, 1.54) is 37.7 Å². The van der Waals surface area contributed by atoms with Crippen molar-refractivity contribution in [2.45, 2.75) is 52.4 Å². The van der Waals surface area contributed by atoms with E-state index in [0.29, 0.717) is 5.41 Å². The molecular weight excluding hydrogens is 237 g/mol. The second kappa shape index (κ2) is 6.51. The smallest absolute Gasteiger partial charge is 0.123 e. The van der Waals surface area contributed by atoms with E-state index in [9.17, 15) is 4.39 Å². The molecule has 0 saturated heterocycles. The average Bonchev–Trinajstić information content (AvgIpc) is 2.41. The molecule has 1 aliphatic rings. The first-order chi connectivity index (χ1) is 9.15. The summed E-state index contributed by atoms with van der Waals surface area (Å²) in [5.74, 6) is -0.120. The van der Waals surface area contributed by atoms with Crippen molar-refractivity contribution in [3.63, 3.8) is 0 Å². The monoisotopic (exact) mass is 263 g/mol. The minimum absolute atomic E-state index is 0.120. The van der Waals surface area contributed by atoms with Crippen LogP contribution in [0.4, 0.5) is 4.39 Å². The van der Waals surface area contributed by atoms with E-state index in [-0.39, 0.29) is 5.82 Å². The van der Waals surface area contributed by atoms with Gasteiger partial charge in [-0.3, -0.25) is 0 Å². The lowest BCUT2D eigenvalue weighted by molar-refractivity contribution is 0.181. The van der Waals surface area contributed by atoms with Gasteiger partial charge in [0.2, 0.25) is 0 Å². The lowest BCUT2D eigenvalue weighted by Gasteiger charge is -2.38. The standard InChI is InChI=1S/C17H26FN/c1-3-19-13-17(9-5-4-6-10-17)12-15-7-8-16(18)11-14(15)2/h7-8,11,19H,3-6,9-10,12-13H2,1-2H3. The third-order valence-electron chi connectivity index (χ3n) is 4.53. The second-order valence-corrected chi connectivity index (χ2v) is 6.09. The predicted octanol–water partition coefficient (Wildman–Crippen LogP) is 4.24. The van der Waals surface area contributed by atoms with Crippen LogP contribution < -0.4 is 5.32 Å².